The third-order valence-electron chi connectivity index (χ3n) is 1.89. The van der Waals surface area contributed by atoms with Crippen LogP contribution in [0.25, 0.3) is 0 Å². The number of nitrogens with two attached hydrogens (primary N) is 1. The second-order valence-electron chi connectivity index (χ2n) is 3.46. The van der Waals surface area contributed by atoms with Crippen LogP contribution < -0.4 is 5.73 Å². The Labute approximate surface area is 81.8 Å². The van der Waals surface area contributed by atoms with Gasteiger partial charge >= 0.3 is 5.97 Å². The predicted octanol–water partition coefficient (Wildman–Crippen LogP) is -0.126. The molecule has 0 atom stereocenters. The summed E-state index contributed by atoms with van der Waals surface area (Å²) in [6.45, 7) is 3.70. The minimum atomic E-state index is -2.94. The molecule has 5 N–H and O–H groups in total. The minimum Gasteiger partial charge on any atom is -0.384 e. The second-order valence-corrected chi connectivity index (χ2v) is 3.46. The number of hydrogen-bond donors (Lipinski definition) is 4. The normalized spacial score (nSPS) is 12.1. The van der Waals surface area contributed by atoms with E-state index in [4.69, 9.17) is 21.1 Å². The van der Waals surface area contributed by atoms with Crippen molar-refractivity contribution in [2.75, 3.05) is 5.73 Å². The molecule has 0 spiro atoms. The number of pyridine rings is 1. The lowest BCUT2D eigenvalue weighted by atomic mass is 10.0. The van der Waals surface area contributed by atoms with E-state index in [0.717, 1.165) is 0 Å². The smallest absolute Gasteiger partial charge is 0.322 e. The highest BCUT2D eigenvalue weighted by atomic mass is 16.7. The maximum atomic E-state index is 9.04. The highest BCUT2D eigenvalue weighted by Crippen LogP contribution is 2.25. The number of anilines is 1. The maximum absolute atomic E-state index is 9.04. The number of nitrogen functional groups attached to an aromatic ring is 1. The summed E-state index contributed by atoms with van der Waals surface area (Å²) in [5.41, 5.74) is 5.71. The van der Waals surface area contributed by atoms with Gasteiger partial charge in [0.05, 0.1) is 0 Å². The first-order valence-electron chi connectivity index (χ1n) is 4.26. The van der Waals surface area contributed by atoms with Gasteiger partial charge < -0.3 is 21.1 Å². The van der Waals surface area contributed by atoms with Crippen molar-refractivity contribution < 1.29 is 15.3 Å². The summed E-state index contributed by atoms with van der Waals surface area (Å²) in [4.78, 5) is 3.69. The highest BCUT2D eigenvalue weighted by Gasteiger charge is 2.28. The molecule has 1 aromatic rings. The van der Waals surface area contributed by atoms with Gasteiger partial charge in [-0.15, -0.1) is 0 Å². The number of hydrogen-bond acceptors (Lipinski definition) is 5. The molecule has 0 unspecified atom stereocenters. The van der Waals surface area contributed by atoms with Crippen LogP contribution in [0.5, 0.6) is 0 Å². The summed E-state index contributed by atoms with van der Waals surface area (Å²) in [5.74, 6) is -2.79. The zero-order chi connectivity index (χ0) is 10.9. The molecule has 0 aliphatic rings. The largest absolute Gasteiger partial charge is 0.384 e. The van der Waals surface area contributed by atoms with Crippen molar-refractivity contribution in [2.45, 2.75) is 25.7 Å². The fourth-order valence-corrected chi connectivity index (χ4v) is 1.22. The Balaban J connectivity index is 3.30. The van der Waals surface area contributed by atoms with Gasteiger partial charge in [0.25, 0.3) is 0 Å². The van der Waals surface area contributed by atoms with Gasteiger partial charge in [0.15, 0.2) is 0 Å². The standard InChI is InChI=1S/C9H14N2O3/c1-5(2)6-3-4-7(10)11-8(6)9(12,13)14/h3-5,12-14H,1-2H3,(H2,10,11). The molecule has 0 aromatic carbocycles. The lowest BCUT2D eigenvalue weighted by molar-refractivity contribution is -0.326. The van der Waals surface area contributed by atoms with Crippen molar-refractivity contribution >= 4 is 5.82 Å². The van der Waals surface area contributed by atoms with Crippen molar-refractivity contribution in [2.24, 2.45) is 0 Å². The zero-order valence-corrected chi connectivity index (χ0v) is 8.10. The van der Waals surface area contributed by atoms with Gasteiger partial charge in [-0.3, -0.25) is 0 Å². The molecular weight excluding hydrogens is 184 g/mol. The van der Waals surface area contributed by atoms with Crippen molar-refractivity contribution in [3.8, 4) is 0 Å². The number of rotatable bonds is 2. The van der Waals surface area contributed by atoms with Crippen LogP contribution in [0.4, 0.5) is 5.82 Å². The van der Waals surface area contributed by atoms with E-state index in [9.17, 15) is 0 Å². The average Bonchev–Trinajstić information content (AvgIpc) is 2.01. The molecular formula is C9H14N2O3. The number of nitrogens with zero attached hydrogens (tertiary/aromatic N) is 1. The Kier molecular flexibility index (Phi) is 2.75. The van der Waals surface area contributed by atoms with Gasteiger partial charge in [-0.25, -0.2) is 4.98 Å². The van der Waals surface area contributed by atoms with Crippen LogP contribution in [0.1, 0.15) is 31.0 Å². The third-order valence-corrected chi connectivity index (χ3v) is 1.89. The zero-order valence-electron chi connectivity index (χ0n) is 8.10. The fraction of sp³-hybridized carbons (Fsp3) is 0.444. The monoisotopic (exact) mass is 198 g/mol. The summed E-state index contributed by atoms with van der Waals surface area (Å²) < 4.78 is 0. The van der Waals surface area contributed by atoms with E-state index >= 15 is 0 Å². The predicted molar refractivity (Wildman–Crippen MR) is 51.1 cm³/mol. The molecule has 0 saturated carbocycles. The van der Waals surface area contributed by atoms with Crippen LogP contribution in [-0.2, 0) is 5.97 Å². The summed E-state index contributed by atoms with van der Waals surface area (Å²) in [6.07, 6.45) is 0. The molecule has 14 heavy (non-hydrogen) atoms. The Bertz CT molecular complexity index is 331. The van der Waals surface area contributed by atoms with E-state index in [0.29, 0.717) is 5.56 Å². The van der Waals surface area contributed by atoms with Gasteiger partial charge in [0.1, 0.15) is 11.5 Å². The molecule has 0 aliphatic carbocycles. The first-order valence-corrected chi connectivity index (χ1v) is 4.26. The Morgan fingerprint density at radius 3 is 2.29 bits per heavy atom. The third kappa shape index (κ3) is 2.20. The summed E-state index contributed by atoms with van der Waals surface area (Å²) in [7, 11) is 0. The van der Waals surface area contributed by atoms with Gasteiger partial charge in [0, 0.05) is 0 Å². The fourth-order valence-electron chi connectivity index (χ4n) is 1.22. The van der Waals surface area contributed by atoms with Crippen LogP contribution in [0, 0.1) is 0 Å². The van der Waals surface area contributed by atoms with Crippen molar-refractivity contribution in [1.82, 2.24) is 4.98 Å². The molecule has 0 bridgehead atoms. The Morgan fingerprint density at radius 2 is 1.86 bits per heavy atom. The summed E-state index contributed by atoms with van der Waals surface area (Å²) in [5, 5.41) is 27.1. The van der Waals surface area contributed by atoms with Crippen LogP contribution in [0.2, 0.25) is 0 Å². The van der Waals surface area contributed by atoms with Crippen molar-refractivity contribution in [3.63, 3.8) is 0 Å². The average molecular weight is 198 g/mol. The topological polar surface area (TPSA) is 99.6 Å². The SMILES string of the molecule is CC(C)c1ccc(N)nc1C(O)(O)O. The summed E-state index contributed by atoms with van der Waals surface area (Å²) >= 11 is 0. The maximum Gasteiger partial charge on any atom is 0.322 e. The molecule has 1 aromatic heterocycles. The Hall–Kier alpha value is -1.17. The molecule has 1 heterocycles. The summed E-state index contributed by atoms with van der Waals surface area (Å²) in [6, 6.07) is 3.16. The molecule has 78 valence electrons. The molecule has 5 nitrogen and oxygen atoms in total. The van der Waals surface area contributed by atoms with E-state index in [1.54, 1.807) is 12.1 Å². The van der Waals surface area contributed by atoms with E-state index in [1.807, 2.05) is 13.8 Å². The number of aromatic nitrogens is 1. The molecule has 0 radical (unpaired) electrons. The molecule has 0 fully saturated rings. The lowest BCUT2D eigenvalue weighted by Gasteiger charge is -2.19. The molecule has 5 heteroatoms. The highest BCUT2D eigenvalue weighted by molar-refractivity contribution is 5.36. The quantitative estimate of drug-likeness (QED) is 0.496. The van der Waals surface area contributed by atoms with Crippen molar-refractivity contribution in [3.05, 3.63) is 23.4 Å². The number of aliphatic hydroxyl groups is 3. The van der Waals surface area contributed by atoms with Gasteiger partial charge in [-0.05, 0) is 17.5 Å². The first-order chi connectivity index (χ1) is 6.32. The minimum absolute atomic E-state index is 0.0175. The second kappa shape index (κ2) is 3.53. The van der Waals surface area contributed by atoms with Crippen LogP contribution in [0.3, 0.4) is 0 Å². The molecule has 0 aliphatic heterocycles. The first kappa shape index (κ1) is 10.9. The van der Waals surface area contributed by atoms with Crippen LogP contribution >= 0.6 is 0 Å². The van der Waals surface area contributed by atoms with Crippen LogP contribution in [-0.4, -0.2) is 20.3 Å². The van der Waals surface area contributed by atoms with E-state index < -0.39 is 5.97 Å². The van der Waals surface area contributed by atoms with Gasteiger partial charge in [-0.1, -0.05) is 19.9 Å². The van der Waals surface area contributed by atoms with E-state index in [-0.39, 0.29) is 17.4 Å². The van der Waals surface area contributed by atoms with Gasteiger partial charge in [-0.2, -0.15) is 0 Å². The van der Waals surface area contributed by atoms with Gasteiger partial charge in [0.2, 0.25) is 0 Å². The van der Waals surface area contributed by atoms with E-state index in [2.05, 4.69) is 4.98 Å². The molecule has 1 rings (SSSR count). The lowest BCUT2D eigenvalue weighted by Crippen LogP contribution is -2.28. The Morgan fingerprint density at radius 1 is 1.29 bits per heavy atom. The molecule has 0 amide bonds. The van der Waals surface area contributed by atoms with Crippen molar-refractivity contribution in [1.29, 1.82) is 0 Å². The van der Waals surface area contributed by atoms with Crippen LogP contribution in [0.15, 0.2) is 12.1 Å². The molecule has 0 saturated heterocycles. The van der Waals surface area contributed by atoms with E-state index in [1.165, 1.54) is 0 Å².